The van der Waals surface area contributed by atoms with Crippen LogP contribution in [0.4, 0.5) is 14.6 Å². The first-order valence-electron chi connectivity index (χ1n) is 11.5. The van der Waals surface area contributed by atoms with Crippen LogP contribution < -0.4 is 10.2 Å². The van der Waals surface area contributed by atoms with Gasteiger partial charge < -0.3 is 15.0 Å². The molecule has 2 aromatic heterocycles. The second kappa shape index (κ2) is 9.79. The highest BCUT2D eigenvalue weighted by atomic mass is 19.3. The molecule has 1 amide bonds. The van der Waals surface area contributed by atoms with Crippen molar-refractivity contribution in [2.75, 3.05) is 45.3 Å². The van der Waals surface area contributed by atoms with E-state index in [1.165, 1.54) is 12.3 Å². The van der Waals surface area contributed by atoms with Crippen LogP contribution in [0.25, 0.3) is 5.57 Å². The Morgan fingerprint density at radius 3 is 2.57 bits per heavy atom. The first kappa shape index (κ1) is 24.9. The Bertz CT molecular complexity index is 1140. The minimum atomic E-state index is -3.15. The van der Waals surface area contributed by atoms with E-state index in [-0.39, 0.29) is 5.56 Å². The number of nitrogens with one attached hydrogen (secondary N) is 1. The van der Waals surface area contributed by atoms with E-state index < -0.39 is 23.2 Å². The molecule has 2 aliphatic heterocycles. The first-order valence-corrected chi connectivity index (χ1v) is 11.5. The topological polar surface area (TPSA) is 83.0 Å². The molecule has 0 aliphatic carbocycles. The van der Waals surface area contributed by atoms with Crippen molar-refractivity contribution >= 4 is 23.5 Å². The number of alkyl halides is 2. The minimum absolute atomic E-state index is 0.113. The zero-order chi connectivity index (χ0) is 25.2. The van der Waals surface area contributed by atoms with E-state index in [2.05, 4.69) is 25.2 Å². The van der Waals surface area contributed by atoms with E-state index in [4.69, 9.17) is 4.74 Å². The lowest BCUT2D eigenvalue weighted by molar-refractivity contribution is -0.00624. The molecule has 0 bridgehead atoms. The van der Waals surface area contributed by atoms with E-state index in [1.54, 1.807) is 12.4 Å². The second-order valence-electron chi connectivity index (χ2n) is 9.09. The first-order chi connectivity index (χ1) is 16.6. The van der Waals surface area contributed by atoms with E-state index in [1.807, 2.05) is 38.1 Å². The highest BCUT2D eigenvalue weighted by molar-refractivity contribution is 5.98. The maximum absolute atomic E-state index is 13.8. The molecular weight excluding hydrogens is 454 g/mol. The van der Waals surface area contributed by atoms with Gasteiger partial charge in [-0.2, -0.15) is 8.78 Å². The Labute approximate surface area is 203 Å². The highest BCUT2D eigenvalue weighted by Crippen LogP contribution is 2.35. The van der Waals surface area contributed by atoms with Crippen LogP contribution in [0.15, 0.2) is 47.3 Å². The number of rotatable bonds is 6. The molecule has 4 rings (SSSR count). The average Bonchev–Trinajstić information content (AvgIpc) is 2.85. The van der Waals surface area contributed by atoms with E-state index in [0.29, 0.717) is 32.7 Å². The van der Waals surface area contributed by atoms with Crippen molar-refractivity contribution in [3.8, 4) is 0 Å². The lowest BCUT2D eigenvalue weighted by Crippen LogP contribution is -2.65. The predicted octanol–water partition coefficient (Wildman–Crippen LogP) is 3.32. The summed E-state index contributed by atoms with van der Waals surface area (Å²) in [6.45, 7) is 4.90. The van der Waals surface area contributed by atoms with Crippen molar-refractivity contribution in [1.82, 2.24) is 20.2 Å². The van der Waals surface area contributed by atoms with Crippen molar-refractivity contribution in [1.29, 1.82) is 0 Å². The van der Waals surface area contributed by atoms with E-state index in [0.717, 1.165) is 35.6 Å². The molecule has 1 unspecified atom stereocenters. The standard InChI is InChI=1S/C25H30F2N6O2/c1-17-20(19-5-6-22(29-15-19)32(3)4)14-25(16-30-17,33-9-11-35-12-10-33)31-23(34)18-7-8-28-21(13-18)24(2,26)27/h5-8,13,15-16H,9-12,14H2,1-4H3,(H,31,34). The maximum Gasteiger partial charge on any atom is 0.286 e. The third-order valence-corrected chi connectivity index (χ3v) is 6.29. The van der Waals surface area contributed by atoms with Gasteiger partial charge in [-0.05, 0) is 42.3 Å². The molecule has 0 saturated carbocycles. The third kappa shape index (κ3) is 5.38. The van der Waals surface area contributed by atoms with Gasteiger partial charge in [0.15, 0.2) is 0 Å². The van der Waals surface area contributed by atoms with E-state index in [9.17, 15) is 13.6 Å². The van der Waals surface area contributed by atoms with Crippen LogP contribution in [0.5, 0.6) is 0 Å². The summed E-state index contributed by atoms with van der Waals surface area (Å²) in [5, 5.41) is 3.09. The number of carbonyl (C=O) groups is 1. The quantitative estimate of drug-likeness (QED) is 0.678. The Morgan fingerprint density at radius 1 is 1.20 bits per heavy atom. The van der Waals surface area contributed by atoms with Crippen molar-refractivity contribution in [3.63, 3.8) is 0 Å². The Kier molecular flexibility index (Phi) is 6.95. The summed E-state index contributed by atoms with van der Waals surface area (Å²) in [5.41, 5.74) is 1.41. The molecule has 1 saturated heterocycles. The van der Waals surface area contributed by atoms with Gasteiger partial charge in [-0.3, -0.25) is 19.7 Å². The predicted molar refractivity (Wildman–Crippen MR) is 131 cm³/mol. The number of amides is 1. The van der Waals surface area contributed by atoms with Gasteiger partial charge in [0.05, 0.1) is 13.2 Å². The van der Waals surface area contributed by atoms with Crippen molar-refractivity contribution in [2.45, 2.75) is 31.9 Å². The van der Waals surface area contributed by atoms with Crippen LogP contribution in [0.3, 0.4) is 0 Å². The molecule has 35 heavy (non-hydrogen) atoms. The Balaban J connectivity index is 1.67. The summed E-state index contributed by atoms with van der Waals surface area (Å²) in [4.78, 5) is 30.3. The number of allylic oxidation sites excluding steroid dienone is 1. The fraction of sp³-hybridized carbons (Fsp3) is 0.440. The zero-order valence-electron chi connectivity index (χ0n) is 20.4. The molecule has 2 aliphatic rings. The molecule has 1 fully saturated rings. The van der Waals surface area contributed by atoms with Crippen molar-refractivity contribution in [2.24, 2.45) is 4.99 Å². The normalized spacial score (nSPS) is 21.2. The van der Waals surface area contributed by atoms with E-state index >= 15 is 0 Å². The SMILES string of the molecule is CC1=C(c2ccc(N(C)C)nc2)CC(NC(=O)c2ccnc(C(C)(F)F)c2)(N2CCOCC2)C=N1. The molecule has 2 aromatic rings. The van der Waals surface area contributed by atoms with Crippen LogP contribution in [-0.4, -0.2) is 73.1 Å². The second-order valence-corrected chi connectivity index (χ2v) is 9.09. The molecular formula is C25H30F2N6O2. The molecule has 186 valence electrons. The lowest BCUT2D eigenvalue weighted by atomic mass is 9.90. The molecule has 8 nitrogen and oxygen atoms in total. The summed E-state index contributed by atoms with van der Waals surface area (Å²) in [5.74, 6) is -2.79. The van der Waals surface area contributed by atoms with Gasteiger partial charge in [-0.1, -0.05) is 0 Å². The number of ether oxygens (including phenoxy) is 1. The van der Waals surface area contributed by atoms with Gasteiger partial charge in [0.25, 0.3) is 11.8 Å². The molecule has 0 aromatic carbocycles. The highest BCUT2D eigenvalue weighted by Gasteiger charge is 2.41. The van der Waals surface area contributed by atoms with Crippen molar-refractivity contribution in [3.05, 3.63) is 59.2 Å². The van der Waals surface area contributed by atoms with Crippen molar-refractivity contribution < 1.29 is 18.3 Å². The van der Waals surface area contributed by atoms with Gasteiger partial charge in [0.1, 0.15) is 17.2 Å². The molecule has 1 atom stereocenters. The monoisotopic (exact) mass is 484 g/mol. The van der Waals surface area contributed by atoms with Gasteiger partial charge in [0, 0.05) is 70.4 Å². The zero-order valence-corrected chi connectivity index (χ0v) is 20.4. The molecule has 4 heterocycles. The Morgan fingerprint density at radius 2 is 1.94 bits per heavy atom. The van der Waals surface area contributed by atoms with Crippen LogP contribution in [-0.2, 0) is 10.7 Å². The number of aromatic nitrogens is 2. The van der Waals surface area contributed by atoms with Crippen LogP contribution in [0.2, 0.25) is 0 Å². The Hall–Kier alpha value is -3.24. The van der Waals surface area contributed by atoms with Gasteiger partial charge in [0.2, 0.25) is 0 Å². The summed E-state index contributed by atoms with van der Waals surface area (Å²) in [6.07, 6.45) is 5.22. The summed E-state index contributed by atoms with van der Waals surface area (Å²) < 4.78 is 33.2. The average molecular weight is 485 g/mol. The smallest absolute Gasteiger partial charge is 0.286 e. The van der Waals surface area contributed by atoms with Gasteiger partial charge in [-0.15, -0.1) is 0 Å². The van der Waals surface area contributed by atoms with Crippen LogP contribution in [0, 0.1) is 0 Å². The third-order valence-electron chi connectivity index (χ3n) is 6.29. The number of morpholine rings is 1. The molecule has 0 radical (unpaired) electrons. The number of anilines is 1. The van der Waals surface area contributed by atoms with Crippen LogP contribution >= 0.6 is 0 Å². The summed E-state index contributed by atoms with van der Waals surface area (Å²) >= 11 is 0. The van der Waals surface area contributed by atoms with Crippen LogP contribution in [0.1, 0.15) is 41.9 Å². The van der Waals surface area contributed by atoms with Gasteiger partial charge >= 0.3 is 0 Å². The number of pyridine rings is 2. The minimum Gasteiger partial charge on any atom is -0.379 e. The largest absolute Gasteiger partial charge is 0.379 e. The molecule has 1 N–H and O–H groups in total. The fourth-order valence-corrected chi connectivity index (χ4v) is 4.26. The maximum atomic E-state index is 13.8. The number of nitrogens with zero attached hydrogens (tertiary/aromatic N) is 5. The lowest BCUT2D eigenvalue weighted by Gasteiger charge is -2.45. The number of carbonyl (C=O) groups excluding carboxylic acids is 1. The molecule has 0 spiro atoms. The summed E-state index contributed by atoms with van der Waals surface area (Å²) in [6, 6.07) is 6.50. The number of aliphatic imine (C=N–C) groups is 1. The van der Waals surface area contributed by atoms with Gasteiger partial charge in [-0.25, -0.2) is 4.98 Å². The number of hydrogen-bond donors (Lipinski definition) is 1. The number of halogens is 2. The summed E-state index contributed by atoms with van der Waals surface area (Å²) in [7, 11) is 3.85. The molecule has 10 heteroatoms. The fourth-order valence-electron chi connectivity index (χ4n) is 4.26. The number of hydrogen-bond acceptors (Lipinski definition) is 7.